The number of sulfonamides is 1. The summed E-state index contributed by atoms with van der Waals surface area (Å²) in [7, 11) is -3.78. The van der Waals surface area contributed by atoms with Crippen LogP contribution in [0.1, 0.15) is 6.92 Å². The quantitative estimate of drug-likeness (QED) is 0.703. The average molecular weight is 420 g/mol. The van der Waals surface area contributed by atoms with E-state index in [0.29, 0.717) is 31.3 Å². The number of hydrogen-bond donors (Lipinski definition) is 1. The molecule has 0 bridgehead atoms. The highest BCUT2D eigenvalue weighted by Gasteiger charge is 2.29. The standard InChI is InChI=1S/C20H24N2O6S/c1-2-27-18-9-8-16(21-20(23)15-28-17-6-4-3-5-7-17)14-19(18)29(24,25)22-10-12-26-13-11-22/h3-9,14H,2,10-13,15H2,1H3,(H,21,23). The number of nitrogens with one attached hydrogen (secondary N) is 1. The van der Waals surface area contributed by atoms with Crippen molar-refractivity contribution in [1.29, 1.82) is 0 Å². The van der Waals surface area contributed by atoms with Gasteiger partial charge in [-0.3, -0.25) is 4.79 Å². The fourth-order valence-corrected chi connectivity index (χ4v) is 4.42. The first-order valence-electron chi connectivity index (χ1n) is 9.33. The molecule has 156 valence electrons. The van der Waals surface area contributed by atoms with Crippen molar-refractivity contribution in [3.63, 3.8) is 0 Å². The van der Waals surface area contributed by atoms with E-state index in [9.17, 15) is 13.2 Å². The lowest BCUT2D eigenvalue weighted by Crippen LogP contribution is -2.40. The summed E-state index contributed by atoms with van der Waals surface area (Å²) in [5, 5.41) is 2.67. The van der Waals surface area contributed by atoms with Gasteiger partial charge in [-0.2, -0.15) is 4.31 Å². The SMILES string of the molecule is CCOc1ccc(NC(=O)COc2ccccc2)cc1S(=O)(=O)N1CCOCC1. The van der Waals surface area contributed by atoms with Crippen molar-refractivity contribution in [2.75, 3.05) is 44.8 Å². The van der Waals surface area contributed by atoms with E-state index >= 15 is 0 Å². The third kappa shape index (κ3) is 5.47. The van der Waals surface area contributed by atoms with Crippen LogP contribution >= 0.6 is 0 Å². The zero-order valence-electron chi connectivity index (χ0n) is 16.2. The van der Waals surface area contributed by atoms with E-state index in [4.69, 9.17) is 14.2 Å². The van der Waals surface area contributed by atoms with Gasteiger partial charge in [0.15, 0.2) is 6.61 Å². The maximum absolute atomic E-state index is 13.1. The molecule has 3 rings (SSSR count). The minimum absolute atomic E-state index is 0.0167. The Kier molecular flexibility index (Phi) is 7.08. The number of carbonyl (C=O) groups is 1. The summed E-state index contributed by atoms with van der Waals surface area (Å²) in [5.41, 5.74) is 0.349. The third-order valence-electron chi connectivity index (χ3n) is 4.23. The van der Waals surface area contributed by atoms with Crippen molar-refractivity contribution < 1.29 is 27.4 Å². The summed E-state index contributed by atoms with van der Waals surface area (Å²) in [6.45, 7) is 3.14. The molecule has 1 fully saturated rings. The van der Waals surface area contributed by atoms with Crippen molar-refractivity contribution in [3.05, 3.63) is 48.5 Å². The van der Waals surface area contributed by atoms with Gasteiger partial charge in [0.25, 0.3) is 5.91 Å². The predicted molar refractivity (Wildman–Crippen MR) is 108 cm³/mol. The van der Waals surface area contributed by atoms with Crippen molar-refractivity contribution in [3.8, 4) is 11.5 Å². The largest absolute Gasteiger partial charge is 0.492 e. The van der Waals surface area contributed by atoms with Crippen LogP contribution in [0.2, 0.25) is 0 Å². The van der Waals surface area contributed by atoms with Crippen LogP contribution in [-0.2, 0) is 19.6 Å². The molecule has 0 aliphatic carbocycles. The van der Waals surface area contributed by atoms with Gasteiger partial charge < -0.3 is 19.5 Å². The highest BCUT2D eigenvalue weighted by molar-refractivity contribution is 7.89. The van der Waals surface area contributed by atoms with E-state index in [1.165, 1.54) is 10.4 Å². The van der Waals surface area contributed by atoms with E-state index in [0.717, 1.165) is 0 Å². The number of anilines is 1. The normalized spacial score (nSPS) is 14.9. The van der Waals surface area contributed by atoms with Crippen LogP contribution in [0.3, 0.4) is 0 Å². The number of benzene rings is 2. The monoisotopic (exact) mass is 420 g/mol. The summed E-state index contributed by atoms with van der Waals surface area (Å²) >= 11 is 0. The second-order valence-corrected chi connectivity index (χ2v) is 8.17. The number of amides is 1. The maximum atomic E-state index is 13.1. The molecule has 0 saturated carbocycles. The van der Waals surface area contributed by atoms with Crippen LogP contribution in [0.25, 0.3) is 0 Å². The molecule has 2 aromatic rings. The van der Waals surface area contributed by atoms with Gasteiger partial charge in [0.05, 0.1) is 19.8 Å². The first-order chi connectivity index (χ1) is 14.0. The van der Waals surface area contributed by atoms with Gasteiger partial charge in [-0.05, 0) is 37.3 Å². The second-order valence-electron chi connectivity index (χ2n) is 6.26. The van der Waals surface area contributed by atoms with E-state index in [1.54, 1.807) is 31.2 Å². The molecule has 9 heteroatoms. The lowest BCUT2D eigenvalue weighted by Gasteiger charge is -2.27. The van der Waals surface area contributed by atoms with Crippen LogP contribution in [0, 0.1) is 0 Å². The Hall–Kier alpha value is -2.62. The molecule has 1 N–H and O–H groups in total. The number of hydrogen-bond acceptors (Lipinski definition) is 6. The molecule has 0 aromatic heterocycles. The Morgan fingerprint density at radius 3 is 2.52 bits per heavy atom. The van der Waals surface area contributed by atoms with E-state index in [1.807, 2.05) is 18.2 Å². The Morgan fingerprint density at radius 2 is 1.83 bits per heavy atom. The molecule has 0 unspecified atom stereocenters. The van der Waals surface area contributed by atoms with Crippen LogP contribution in [0.15, 0.2) is 53.4 Å². The Bertz CT molecular complexity index is 927. The minimum atomic E-state index is -3.78. The van der Waals surface area contributed by atoms with Gasteiger partial charge in [0.2, 0.25) is 10.0 Å². The number of morpholine rings is 1. The van der Waals surface area contributed by atoms with E-state index in [2.05, 4.69) is 5.32 Å². The van der Waals surface area contributed by atoms with Crippen molar-refractivity contribution in [2.24, 2.45) is 0 Å². The summed E-state index contributed by atoms with van der Waals surface area (Å²) in [4.78, 5) is 12.2. The van der Waals surface area contributed by atoms with Gasteiger partial charge in [-0.25, -0.2) is 8.42 Å². The average Bonchev–Trinajstić information content (AvgIpc) is 2.75. The third-order valence-corrected chi connectivity index (χ3v) is 6.15. The Balaban J connectivity index is 1.76. The molecular formula is C20H24N2O6S. The van der Waals surface area contributed by atoms with Gasteiger partial charge >= 0.3 is 0 Å². The van der Waals surface area contributed by atoms with Crippen molar-refractivity contribution in [2.45, 2.75) is 11.8 Å². The molecule has 1 saturated heterocycles. The molecule has 1 amide bonds. The molecule has 1 aliphatic rings. The smallest absolute Gasteiger partial charge is 0.262 e. The lowest BCUT2D eigenvalue weighted by atomic mass is 10.3. The van der Waals surface area contributed by atoms with Crippen LogP contribution in [0.4, 0.5) is 5.69 Å². The molecule has 8 nitrogen and oxygen atoms in total. The topological polar surface area (TPSA) is 94.2 Å². The zero-order valence-corrected chi connectivity index (χ0v) is 17.0. The van der Waals surface area contributed by atoms with Gasteiger partial charge in [0, 0.05) is 18.8 Å². The molecule has 1 heterocycles. The molecule has 2 aromatic carbocycles. The fraction of sp³-hybridized carbons (Fsp3) is 0.350. The van der Waals surface area contributed by atoms with Crippen LogP contribution in [-0.4, -0.2) is 58.1 Å². The molecule has 29 heavy (non-hydrogen) atoms. The van der Waals surface area contributed by atoms with Gasteiger partial charge in [0.1, 0.15) is 16.4 Å². The van der Waals surface area contributed by atoms with Crippen LogP contribution in [0.5, 0.6) is 11.5 Å². The number of ether oxygens (including phenoxy) is 3. The van der Waals surface area contributed by atoms with Crippen molar-refractivity contribution in [1.82, 2.24) is 4.31 Å². The predicted octanol–water partition coefficient (Wildman–Crippen LogP) is 2.12. The number of carbonyl (C=O) groups excluding carboxylic acids is 1. The summed E-state index contributed by atoms with van der Waals surface area (Å²) in [6.07, 6.45) is 0. The summed E-state index contributed by atoms with van der Waals surface area (Å²) < 4.78 is 43.7. The minimum Gasteiger partial charge on any atom is -0.492 e. The fourth-order valence-electron chi connectivity index (χ4n) is 2.85. The molecule has 1 aliphatic heterocycles. The van der Waals surface area contributed by atoms with E-state index in [-0.39, 0.29) is 30.3 Å². The summed E-state index contributed by atoms with van der Waals surface area (Å²) in [6, 6.07) is 13.5. The Morgan fingerprint density at radius 1 is 1.10 bits per heavy atom. The highest BCUT2D eigenvalue weighted by Crippen LogP contribution is 2.30. The molecule has 0 spiro atoms. The first-order valence-corrected chi connectivity index (χ1v) is 10.8. The number of nitrogens with zero attached hydrogens (tertiary/aromatic N) is 1. The maximum Gasteiger partial charge on any atom is 0.262 e. The van der Waals surface area contributed by atoms with E-state index < -0.39 is 15.9 Å². The Labute approximate surface area is 170 Å². The van der Waals surface area contributed by atoms with Crippen LogP contribution < -0.4 is 14.8 Å². The summed E-state index contributed by atoms with van der Waals surface area (Å²) in [5.74, 6) is 0.426. The zero-order chi connectivity index (χ0) is 20.7. The van der Waals surface area contributed by atoms with Crippen molar-refractivity contribution >= 4 is 21.6 Å². The second kappa shape index (κ2) is 9.73. The lowest BCUT2D eigenvalue weighted by molar-refractivity contribution is -0.118. The molecular weight excluding hydrogens is 396 g/mol. The molecule has 0 radical (unpaired) electrons. The van der Waals surface area contributed by atoms with Gasteiger partial charge in [-0.15, -0.1) is 0 Å². The highest BCUT2D eigenvalue weighted by atomic mass is 32.2. The van der Waals surface area contributed by atoms with Gasteiger partial charge in [-0.1, -0.05) is 18.2 Å². The first kappa shape index (κ1) is 21.1. The number of para-hydroxylation sites is 1. The molecule has 0 atom stereocenters. The number of rotatable bonds is 8.